The first-order valence-electron chi connectivity index (χ1n) is 14.0. The van der Waals surface area contributed by atoms with Crippen LogP contribution in [0.2, 0.25) is 0 Å². The second-order valence-electron chi connectivity index (χ2n) is 10.1. The first-order chi connectivity index (χ1) is 20.3. The van der Waals surface area contributed by atoms with Gasteiger partial charge in [0.2, 0.25) is 0 Å². The van der Waals surface area contributed by atoms with Crippen molar-refractivity contribution in [1.29, 1.82) is 0 Å². The maximum absolute atomic E-state index is 13.9. The summed E-state index contributed by atoms with van der Waals surface area (Å²) >= 11 is 1.29. The molecule has 0 aliphatic carbocycles. The van der Waals surface area contributed by atoms with Gasteiger partial charge in [0.1, 0.15) is 6.61 Å². The predicted octanol–water partition coefficient (Wildman–Crippen LogP) is 5.39. The molecule has 1 atom stereocenters. The van der Waals surface area contributed by atoms with E-state index in [0.29, 0.717) is 45.3 Å². The van der Waals surface area contributed by atoms with E-state index in [-0.39, 0.29) is 12.2 Å². The van der Waals surface area contributed by atoms with Gasteiger partial charge in [-0.15, -0.1) is 0 Å². The first kappa shape index (κ1) is 29.1. The van der Waals surface area contributed by atoms with Crippen molar-refractivity contribution >= 4 is 23.4 Å². The first-order valence-corrected chi connectivity index (χ1v) is 14.8. The van der Waals surface area contributed by atoms with Gasteiger partial charge in [0.25, 0.3) is 5.56 Å². The number of rotatable bonds is 9. The highest BCUT2D eigenvalue weighted by Gasteiger charge is 2.33. The van der Waals surface area contributed by atoms with Crippen molar-refractivity contribution in [2.45, 2.75) is 47.3 Å². The highest BCUT2D eigenvalue weighted by Crippen LogP contribution is 2.32. The highest BCUT2D eigenvalue weighted by atomic mass is 32.1. The fourth-order valence-corrected chi connectivity index (χ4v) is 6.02. The van der Waals surface area contributed by atoms with Gasteiger partial charge in [0, 0.05) is 0 Å². The van der Waals surface area contributed by atoms with Crippen LogP contribution in [0.3, 0.4) is 0 Å². The molecule has 0 bridgehead atoms. The number of aromatic nitrogens is 1. The van der Waals surface area contributed by atoms with Crippen LogP contribution in [-0.4, -0.2) is 23.8 Å². The summed E-state index contributed by atoms with van der Waals surface area (Å²) in [7, 11) is 0. The van der Waals surface area contributed by atoms with E-state index in [2.05, 4.69) is 24.0 Å². The Balaban J connectivity index is 1.55. The van der Waals surface area contributed by atoms with Gasteiger partial charge >= 0.3 is 5.97 Å². The molecule has 0 fully saturated rings. The van der Waals surface area contributed by atoms with Crippen LogP contribution in [0.15, 0.2) is 87.8 Å². The van der Waals surface area contributed by atoms with Gasteiger partial charge in [-0.05, 0) is 69.5 Å². The summed E-state index contributed by atoms with van der Waals surface area (Å²) < 4.78 is 19.5. The molecule has 0 amide bonds. The van der Waals surface area contributed by atoms with Crippen molar-refractivity contribution in [2.24, 2.45) is 4.99 Å². The van der Waals surface area contributed by atoms with Crippen molar-refractivity contribution in [2.75, 3.05) is 13.2 Å². The normalized spacial score (nSPS) is 14.8. The summed E-state index contributed by atoms with van der Waals surface area (Å²) in [6.45, 7) is 10.6. The minimum Gasteiger partial charge on any atom is -0.490 e. The van der Waals surface area contributed by atoms with Crippen LogP contribution < -0.4 is 24.4 Å². The lowest BCUT2D eigenvalue weighted by atomic mass is 9.95. The van der Waals surface area contributed by atoms with E-state index in [1.54, 1.807) is 18.4 Å². The SMILES string of the molecule is CCOC(=O)C1=C(C)N=c2s/c(=C/c3ccc(OCc4cccc(C)c4)c(OCC)c3)c(=O)n2[C@@H]1c1ccc(C)cc1. The molecule has 2 heterocycles. The lowest BCUT2D eigenvalue weighted by molar-refractivity contribution is -0.139. The topological polar surface area (TPSA) is 79.1 Å². The standard InChI is InChI=1S/C34H34N2O5S/c1-6-39-28-18-24(13-16-27(28)41-20-25-10-8-9-22(4)17-25)19-29-32(37)36-31(26-14-11-21(3)12-15-26)30(33(38)40-7-2)23(5)35-34(36)42-29/h8-19,31H,6-7,20H2,1-5H3/b29-19+/t31-/m1/s1. The predicted molar refractivity (Wildman–Crippen MR) is 165 cm³/mol. The summed E-state index contributed by atoms with van der Waals surface area (Å²) in [5.74, 6) is 0.761. The molecular formula is C34H34N2O5S. The van der Waals surface area contributed by atoms with Crippen LogP contribution in [0.5, 0.6) is 11.5 Å². The van der Waals surface area contributed by atoms with E-state index in [4.69, 9.17) is 14.2 Å². The molecule has 7 nitrogen and oxygen atoms in total. The molecule has 0 N–H and O–H groups in total. The zero-order valence-corrected chi connectivity index (χ0v) is 25.3. The lowest BCUT2D eigenvalue weighted by Gasteiger charge is -2.24. The number of carbonyl (C=O) groups is 1. The molecule has 0 saturated heterocycles. The Morgan fingerprint density at radius 2 is 1.71 bits per heavy atom. The molecule has 0 saturated carbocycles. The number of nitrogens with zero attached hydrogens (tertiary/aromatic N) is 2. The van der Waals surface area contributed by atoms with E-state index in [1.807, 2.05) is 74.5 Å². The van der Waals surface area contributed by atoms with E-state index >= 15 is 0 Å². The van der Waals surface area contributed by atoms with Crippen LogP contribution in [-0.2, 0) is 16.1 Å². The molecular weight excluding hydrogens is 548 g/mol. The Kier molecular flexibility index (Phi) is 8.73. The number of thiazole rings is 1. The third-order valence-corrected chi connectivity index (χ3v) is 7.94. The molecule has 0 unspecified atom stereocenters. The Labute approximate surface area is 249 Å². The minimum absolute atomic E-state index is 0.226. The number of esters is 1. The smallest absolute Gasteiger partial charge is 0.338 e. The molecule has 1 aliphatic heterocycles. The number of fused-ring (bicyclic) bond motifs is 1. The van der Waals surface area contributed by atoms with Crippen molar-refractivity contribution in [1.82, 2.24) is 4.57 Å². The lowest BCUT2D eigenvalue weighted by Crippen LogP contribution is -2.39. The fourth-order valence-electron chi connectivity index (χ4n) is 4.97. The number of aryl methyl sites for hydroxylation is 2. The Hall–Kier alpha value is -4.43. The zero-order valence-electron chi connectivity index (χ0n) is 24.5. The second-order valence-corrected chi connectivity index (χ2v) is 11.1. The summed E-state index contributed by atoms with van der Waals surface area (Å²) in [5.41, 5.74) is 5.63. The summed E-state index contributed by atoms with van der Waals surface area (Å²) in [6.07, 6.45) is 1.83. The van der Waals surface area contributed by atoms with Crippen LogP contribution in [0.1, 0.15) is 54.6 Å². The highest BCUT2D eigenvalue weighted by molar-refractivity contribution is 7.07. The third-order valence-electron chi connectivity index (χ3n) is 6.95. The van der Waals surface area contributed by atoms with Crippen molar-refractivity contribution in [3.63, 3.8) is 0 Å². The number of ether oxygens (including phenoxy) is 3. The van der Waals surface area contributed by atoms with Crippen LogP contribution in [0.4, 0.5) is 0 Å². The quantitative estimate of drug-likeness (QED) is 0.247. The zero-order chi connectivity index (χ0) is 29.8. The summed E-state index contributed by atoms with van der Waals surface area (Å²) in [6, 6.07) is 21.0. The summed E-state index contributed by atoms with van der Waals surface area (Å²) in [4.78, 5) is 32.2. The Morgan fingerprint density at radius 3 is 2.43 bits per heavy atom. The van der Waals surface area contributed by atoms with Crippen molar-refractivity contribution < 1.29 is 19.0 Å². The maximum Gasteiger partial charge on any atom is 0.338 e. The van der Waals surface area contributed by atoms with Gasteiger partial charge in [-0.25, -0.2) is 9.79 Å². The number of benzene rings is 3. The second kappa shape index (κ2) is 12.6. The Bertz CT molecular complexity index is 1830. The van der Waals surface area contributed by atoms with Crippen LogP contribution in [0, 0.1) is 13.8 Å². The average molecular weight is 583 g/mol. The largest absolute Gasteiger partial charge is 0.490 e. The molecule has 1 aliphatic rings. The monoisotopic (exact) mass is 582 g/mol. The third kappa shape index (κ3) is 6.09. The molecule has 0 radical (unpaired) electrons. The van der Waals surface area contributed by atoms with Gasteiger partial charge < -0.3 is 14.2 Å². The van der Waals surface area contributed by atoms with E-state index in [1.165, 1.54) is 16.9 Å². The number of hydrogen-bond donors (Lipinski definition) is 0. The van der Waals surface area contributed by atoms with Crippen LogP contribution in [0.25, 0.3) is 6.08 Å². The van der Waals surface area contributed by atoms with Gasteiger partial charge in [0.15, 0.2) is 16.3 Å². The molecule has 1 aromatic heterocycles. The Morgan fingerprint density at radius 1 is 0.929 bits per heavy atom. The van der Waals surface area contributed by atoms with Crippen molar-refractivity contribution in [3.05, 3.63) is 126 Å². The molecule has 3 aromatic carbocycles. The van der Waals surface area contributed by atoms with Gasteiger partial charge in [-0.3, -0.25) is 9.36 Å². The minimum atomic E-state index is -0.639. The number of hydrogen-bond acceptors (Lipinski definition) is 7. The van der Waals surface area contributed by atoms with Crippen molar-refractivity contribution in [3.8, 4) is 11.5 Å². The average Bonchev–Trinajstić information content (AvgIpc) is 3.26. The van der Waals surface area contributed by atoms with E-state index < -0.39 is 12.0 Å². The van der Waals surface area contributed by atoms with Gasteiger partial charge in [-0.1, -0.05) is 77.1 Å². The molecule has 0 spiro atoms. The maximum atomic E-state index is 13.9. The van der Waals surface area contributed by atoms with E-state index in [0.717, 1.165) is 22.3 Å². The van der Waals surface area contributed by atoms with Crippen LogP contribution >= 0.6 is 11.3 Å². The molecule has 5 rings (SSSR count). The summed E-state index contributed by atoms with van der Waals surface area (Å²) in [5, 5.41) is 0. The van der Waals surface area contributed by atoms with Gasteiger partial charge in [0.05, 0.1) is 35.1 Å². The van der Waals surface area contributed by atoms with E-state index in [9.17, 15) is 9.59 Å². The number of allylic oxidation sites excluding steroid dienone is 1. The fraction of sp³-hybridized carbons (Fsp3) is 0.265. The molecule has 42 heavy (non-hydrogen) atoms. The number of carbonyl (C=O) groups excluding carboxylic acids is 1. The molecule has 216 valence electrons. The van der Waals surface area contributed by atoms with Gasteiger partial charge in [-0.2, -0.15) is 0 Å². The molecule has 8 heteroatoms. The molecule has 4 aromatic rings.